The smallest absolute Gasteiger partial charge is 0.384 e. The van der Waals surface area contributed by atoms with Crippen molar-refractivity contribution in [3.63, 3.8) is 0 Å². The zero-order chi connectivity index (χ0) is 23.0. The predicted molar refractivity (Wildman–Crippen MR) is 107 cm³/mol. The van der Waals surface area contributed by atoms with Crippen LogP contribution >= 0.6 is 0 Å². The van der Waals surface area contributed by atoms with Gasteiger partial charge < -0.3 is 9.67 Å². The standard InChI is InChI=1S/C22H17F4NO4S/c23-13-3-5-18-15(9-13)14(17-4-2-12(21(28)29)10-27(17)18)7-11-1-6-19-16(8-11)20(24)22(25,26)32(19,30)31/h1,3,5-6,8-9,12,20H,2,4,7,10H2,(H,28,29). The van der Waals surface area contributed by atoms with E-state index in [9.17, 15) is 35.9 Å². The summed E-state index contributed by atoms with van der Waals surface area (Å²) in [5, 5.41) is 5.44. The summed E-state index contributed by atoms with van der Waals surface area (Å²) in [5.74, 6) is -1.99. The molecule has 3 heterocycles. The third-order valence-corrected chi connectivity index (χ3v) is 8.28. The van der Waals surface area contributed by atoms with E-state index in [0.717, 1.165) is 17.8 Å². The Morgan fingerprint density at radius 3 is 2.66 bits per heavy atom. The molecule has 10 heteroatoms. The maximum absolute atomic E-state index is 14.3. The number of rotatable bonds is 3. The maximum Gasteiger partial charge on any atom is 0.384 e. The number of halogens is 4. The van der Waals surface area contributed by atoms with E-state index < -0.39 is 49.4 Å². The van der Waals surface area contributed by atoms with Gasteiger partial charge in [0.1, 0.15) is 5.82 Å². The summed E-state index contributed by atoms with van der Waals surface area (Å²) in [6, 6.07) is 7.63. The minimum absolute atomic E-state index is 0.131. The van der Waals surface area contributed by atoms with Crippen LogP contribution < -0.4 is 0 Å². The minimum atomic E-state index is -5.10. The average Bonchev–Trinajstić information content (AvgIpc) is 3.10. The van der Waals surface area contributed by atoms with Gasteiger partial charge in [0.25, 0.3) is 0 Å². The molecule has 5 rings (SSSR count). The topological polar surface area (TPSA) is 76.4 Å². The highest BCUT2D eigenvalue weighted by Crippen LogP contribution is 2.51. The quantitative estimate of drug-likeness (QED) is 0.579. The van der Waals surface area contributed by atoms with E-state index in [0.29, 0.717) is 34.9 Å². The van der Waals surface area contributed by atoms with E-state index in [-0.39, 0.29) is 13.0 Å². The number of carboxylic acid groups (broad SMARTS) is 1. The molecule has 1 aromatic heterocycles. The lowest BCUT2D eigenvalue weighted by Crippen LogP contribution is -2.26. The molecule has 0 saturated carbocycles. The Hall–Kier alpha value is -2.88. The summed E-state index contributed by atoms with van der Waals surface area (Å²) in [7, 11) is -5.10. The number of carbonyl (C=O) groups is 1. The number of hydrogen-bond donors (Lipinski definition) is 1. The molecular weight excluding hydrogens is 450 g/mol. The number of carboxylic acids is 1. The van der Waals surface area contributed by atoms with Crippen molar-refractivity contribution in [3.8, 4) is 0 Å². The largest absolute Gasteiger partial charge is 0.481 e. The molecular formula is C22H17F4NO4S. The molecule has 2 aliphatic heterocycles. The normalized spacial score (nSPS) is 23.1. The molecule has 3 aromatic rings. The van der Waals surface area contributed by atoms with Crippen LogP contribution in [0.25, 0.3) is 10.9 Å². The van der Waals surface area contributed by atoms with Crippen LogP contribution in [0.3, 0.4) is 0 Å². The van der Waals surface area contributed by atoms with Crippen molar-refractivity contribution in [3.05, 3.63) is 64.6 Å². The number of nitrogens with zero attached hydrogens (tertiary/aromatic N) is 1. The molecule has 0 spiro atoms. The number of hydrogen-bond acceptors (Lipinski definition) is 3. The summed E-state index contributed by atoms with van der Waals surface area (Å²) >= 11 is 0. The molecule has 2 aromatic carbocycles. The number of alkyl halides is 3. The van der Waals surface area contributed by atoms with Gasteiger partial charge in [0.15, 0.2) is 0 Å². The fourth-order valence-electron chi connectivity index (χ4n) is 4.78. The summed E-state index contributed by atoms with van der Waals surface area (Å²) in [4.78, 5) is 10.8. The van der Waals surface area contributed by atoms with E-state index in [1.165, 1.54) is 18.2 Å². The van der Waals surface area contributed by atoms with Crippen molar-refractivity contribution in [2.45, 2.75) is 42.1 Å². The number of sulfone groups is 1. The third-order valence-electron chi connectivity index (χ3n) is 6.40. The zero-order valence-corrected chi connectivity index (χ0v) is 17.3. The lowest BCUT2D eigenvalue weighted by atomic mass is 9.93. The first-order valence-electron chi connectivity index (χ1n) is 9.94. The van der Waals surface area contributed by atoms with Gasteiger partial charge in [-0.15, -0.1) is 0 Å². The second-order valence-corrected chi connectivity index (χ2v) is 10.2. The summed E-state index contributed by atoms with van der Waals surface area (Å²) in [5.41, 5.74) is 1.96. The van der Waals surface area contributed by atoms with Gasteiger partial charge in [0, 0.05) is 28.7 Å². The van der Waals surface area contributed by atoms with Gasteiger partial charge in [-0.05, 0) is 54.7 Å². The third kappa shape index (κ3) is 2.81. The lowest BCUT2D eigenvalue weighted by Gasteiger charge is -2.23. The molecule has 5 nitrogen and oxygen atoms in total. The maximum atomic E-state index is 14.3. The van der Waals surface area contributed by atoms with Crippen molar-refractivity contribution in [1.29, 1.82) is 0 Å². The highest BCUT2D eigenvalue weighted by Gasteiger charge is 2.61. The molecule has 168 valence electrons. The van der Waals surface area contributed by atoms with Gasteiger partial charge in [-0.1, -0.05) is 12.1 Å². The number of benzene rings is 2. The molecule has 1 N–H and O–H groups in total. The Kier molecular flexibility index (Phi) is 4.47. The Labute approximate surface area is 180 Å². The lowest BCUT2D eigenvalue weighted by molar-refractivity contribution is -0.142. The summed E-state index contributed by atoms with van der Waals surface area (Å²) in [6.07, 6.45) is -2.02. The van der Waals surface area contributed by atoms with Gasteiger partial charge in [-0.3, -0.25) is 4.79 Å². The molecule has 0 amide bonds. The van der Waals surface area contributed by atoms with Crippen LogP contribution in [0.5, 0.6) is 0 Å². The molecule has 0 aliphatic carbocycles. The van der Waals surface area contributed by atoms with Gasteiger partial charge in [-0.25, -0.2) is 17.2 Å². The van der Waals surface area contributed by atoms with E-state index >= 15 is 0 Å². The van der Waals surface area contributed by atoms with Crippen molar-refractivity contribution in [1.82, 2.24) is 4.57 Å². The van der Waals surface area contributed by atoms with Crippen molar-refractivity contribution in [2.75, 3.05) is 0 Å². The molecule has 0 bridgehead atoms. The molecule has 2 unspecified atom stereocenters. The van der Waals surface area contributed by atoms with Crippen LogP contribution in [0.2, 0.25) is 0 Å². The zero-order valence-electron chi connectivity index (χ0n) is 16.5. The highest BCUT2D eigenvalue weighted by atomic mass is 32.2. The van der Waals surface area contributed by atoms with E-state index in [4.69, 9.17) is 0 Å². The molecule has 0 radical (unpaired) electrons. The van der Waals surface area contributed by atoms with E-state index in [1.807, 2.05) is 4.57 Å². The molecule has 2 atom stereocenters. The summed E-state index contributed by atoms with van der Waals surface area (Å²) < 4.78 is 81.9. The van der Waals surface area contributed by atoms with Gasteiger partial charge in [0.05, 0.1) is 10.8 Å². The van der Waals surface area contributed by atoms with Gasteiger partial charge in [-0.2, -0.15) is 8.78 Å². The Morgan fingerprint density at radius 1 is 1.19 bits per heavy atom. The van der Waals surface area contributed by atoms with Gasteiger partial charge >= 0.3 is 11.2 Å². The Balaban J connectivity index is 1.62. The highest BCUT2D eigenvalue weighted by molar-refractivity contribution is 7.92. The van der Waals surface area contributed by atoms with Crippen LogP contribution in [-0.4, -0.2) is 29.3 Å². The SMILES string of the molecule is O=C(O)C1CCc2c(Cc3ccc4c(c3)C(F)C(F)(F)S4(=O)=O)c3cc(F)ccc3n2C1. The van der Waals surface area contributed by atoms with E-state index in [2.05, 4.69) is 0 Å². The van der Waals surface area contributed by atoms with E-state index in [1.54, 1.807) is 6.07 Å². The van der Waals surface area contributed by atoms with Crippen LogP contribution in [0.4, 0.5) is 17.6 Å². The molecule has 2 aliphatic rings. The van der Waals surface area contributed by atoms with Crippen molar-refractivity contribution in [2.24, 2.45) is 5.92 Å². The van der Waals surface area contributed by atoms with Crippen LogP contribution in [0, 0.1) is 11.7 Å². The predicted octanol–water partition coefficient (Wildman–Crippen LogP) is 4.41. The minimum Gasteiger partial charge on any atom is -0.481 e. The molecule has 0 fully saturated rings. The first-order chi connectivity index (χ1) is 15.0. The fraction of sp³-hybridized carbons (Fsp3) is 0.318. The Bertz CT molecular complexity index is 1400. The first-order valence-corrected chi connectivity index (χ1v) is 11.4. The summed E-state index contributed by atoms with van der Waals surface area (Å²) in [6.45, 7) is 0.216. The van der Waals surface area contributed by atoms with Gasteiger partial charge in [0.2, 0.25) is 16.0 Å². The number of aromatic nitrogens is 1. The monoisotopic (exact) mass is 467 g/mol. The second-order valence-electron chi connectivity index (χ2n) is 8.25. The number of fused-ring (bicyclic) bond motifs is 4. The van der Waals surface area contributed by atoms with Crippen LogP contribution in [0.15, 0.2) is 41.3 Å². The number of aliphatic carboxylic acids is 1. The second kappa shape index (κ2) is 6.81. The Morgan fingerprint density at radius 2 is 1.94 bits per heavy atom. The molecule has 32 heavy (non-hydrogen) atoms. The van der Waals surface area contributed by atoms with Crippen LogP contribution in [-0.2, 0) is 34.0 Å². The van der Waals surface area contributed by atoms with Crippen LogP contribution in [0.1, 0.15) is 35.0 Å². The first kappa shape index (κ1) is 21.0. The molecule has 0 saturated heterocycles. The fourth-order valence-corrected chi connectivity index (χ4v) is 6.20. The van der Waals surface area contributed by atoms with Crippen molar-refractivity contribution >= 4 is 26.7 Å². The van der Waals surface area contributed by atoms with Crippen molar-refractivity contribution < 1.29 is 35.9 Å². The average molecular weight is 467 g/mol.